The molecule has 2 heterocycles. The predicted molar refractivity (Wildman–Crippen MR) is 136 cm³/mol. The Bertz CT molecular complexity index is 979. The van der Waals surface area contributed by atoms with Crippen LogP contribution in [0.5, 0.6) is 5.75 Å². The summed E-state index contributed by atoms with van der Waals surface area (Å²) >= 11 is 1.95. The smallest absolute Gasteiger partial charge is 0.285 e. The summed E-state index contributed by atoms with van der Waals surface area (Å²) in [6.07, 6.45) is 4.85. The topological polar surface area (TPSA) is 88.1 Å². The number of carbonyl (C=O) groups excluding carboxylic acids is 1. The zero-order chi connectivity index (χ0) is 23.8. The van der Waals surface area contributed by atoms with Crippen LogP contribution >= 0.6 is 11.8 Å². The van der Waals surface area contributed by atoms with Crippen molar-refractivity contribution in [3.8, 4) is 5.75 Å². The number of ether oxygens (including phenoxy) is 1. The van der Waals surface area contributed by atoms with Crippen molar-refractivity contribution in [2.45, 2.75) is 46.0 Å². The van der Waals surface area contributed by atoms with E-state index in [-0.39, 0.29) is 16.7 Å². The number of unbranched alkanes of at least 4 members (excludes halogenated alkanes) is 1. The number of amidine groups is 1. The molecule has 3 rings (SSSR count). The van der Waals surface area contributed by atoms with Crippen LogP contribution in [-0.4, -0.2) is 63.3 Å². The van der Waals surface area contributed by atoms with Crippen LogP contribution in [-0.2, 0) is 14.8 Å². The lowest BCUT2D eigenvalue weighted by Gasteiger charge is -2.32. The molecule has 9 heteroatoms. The fourth-order valence-corrected chi connectivity index (χ4v) is 6.69. The molecule has 0 bridgehead atoms. The molecular weight excluding hydrogens is 458 g/mol. The number of rotatable bonds is 10. The minimum atomic E-state index is -3.76. The van der Waals surface area contributed by atoms with Gasteiger partial charge in [-0.05, 0) is 73.9 Å². The predicted octanol–water partition coefficient (Wildman–Crippen LogP) is 3.92. The fraction of sp³-hybridized carbons (Fsp3) is 0.583. The Morgan fingerprint density at radius 1 is 1.18 bits per heavy atom. The normalized spacial score (nSPS) is 18.4. The van der Waals surface area contributed by atoms with Gasteiger partial charge in [0.25, 0.3) is 10.0 Å². The first-order chi connectivity index (χ1) is 15.9. The van der Waals surface area contributed by atoms with Crippen LogP contribution < -0.4 is 10.1 Å². The number of amides is 1. The maximum atomic E-state index is 12.8. The Morgan fingerprint density at radius 2 is 1.85 bits per heavy atom. The van der Waals surface area contributed by atoms with Gasteiger partial charge in [-0.25, -0.2) is 0 Å². The third-order valence-corrected chi connectivity index (χ3v) is 8.69. The SMILES string of the molecule is CCCCSCCCNC(=O)C1CCN(C2=NS(=O)(=O)C(c3ccc(OC)cc3)=C2C)CC1. The molecule has 2 aliphatic rings. The Balaban J connectivity index is 1.53. The number of thioether (sulfide) groups is 1. The molecule has 7 nitrogen and oxygen atoms in total. The molecule has 1 saturated heterocycles. The molecule has 0 radical (unpaired) electrons. The first-order valence-electron chi connectivity index (χ1n) is 11.7. The standard InChI is InChI=1S/C24H35N3O4S2/c1-4-5-16-32-17-6-13-25-24(28)20-11-14-27(15-12-20)23-18(2)22(33(29,30)26-23)19-7-9-21(31-3)10-8-19/h7-10,20H,4-6,11-17H2,1-3H3,(H,25,28). The number of likely N-dealkylation sites (tertiary alicyclic amines) is 1. The van der Waals surface area contributed by atoms with Crippen molar-refractivity contribution in [1.82, 2.24) is 10.2 Å². The molecule has 1 fully saturated rings. The van der Waals surface area contributed by atoms with E-state index in [4.69, 9.17) is 4.74 Å². The summed E-state index contributed by atoms with van der Waals surface area (Å²) in [4.78, 5) is 14.8. The number of sulfonamides is 1. The van der Waals surface area contributed by atoms with E-state index < -0.39 is 10.0 Å². The highest BCUT2D eigenvalue weighted by Crippen LogP contribution is 2.35. The quantitative estimate of drug-likeness (QED) is 0.497. The van der Waals surface area contributed by atoms with E-state index in [1.165, 1.54) is 18.6 Å². The van der Waals surface area contributed by atoms with E-state index in [0.29, 0.717) is 48.7 Å². The molecule has 1 N–H and O–H groups in total. The van der Waals surface area contributed by atoms with Crippen molar-refractivity contribution in [1.29, 1.82) is 0 Å². The van der Waals surface area contributed by atoms with Gasteiger partial charge in [-0.1, -0.05) is 13.3 Å². The highest BCUT2D eigenvalue weighted by molar-refractivity contribution is 8.00. The third-order valence-electron chi connectivity index (χ3n) is 6.07. The van der Waals surface area contributed by atoms with Gasteiger partial charge in [0.1, 0.15) is 16.5 Å². The molecule has 0 aliphatic carbocycles. The minimum absolute atomic E-state index is 0.0297. The van der Waals surface area contributed by atoms with E-state index in [1.807, 2.05) is 16.7 Å². The zero-order valence-electron chi connectivity index (χ0n) is 19.8. The van der Waals surface area contributed by atoms with Gasteiger partial charge < -0.3 is 15.0 Å². The second-order valence-corrected chi connectivity index (χ2v) is 11.2. The summed E-state index contributed by atoms with van der Waals surface area (Å²) in [5.74, 6) is 3.53. The number of hydrogen-bond acceptors (Lipinski definition) is 6. The number of benzene rings is 1. The van der Waals surface area contributed by atoms with Crippen molar-refractivity contribution in [3.63, 3.8) is 0 Å². The summed E-state index contributed by atoms with van der Waals surface area (Å²) in [6.45, 7) is 5.96. The number of nitrogens with one attached hydrogen (secondary N) is 1. The molecule has 0 saturated carbocycles. The Morgan fingerprint density at radius 3 is 2.48 bits per heavy atom. The summed E-state index contributed by atoms with van der Waals surface area (Å²) in [6, 6.07) is 6.98. The number of methoxy groups -OCH3 is 1. The third kappa shape index (κ3) is 6.53. The summed E-state index contributed by atoms with van der Waals surface area (Å²) in [5, 5.41) is 3.07. The molecule has 1 aromatic carbocycles. The van der Waals surface area contributed by atoms with Crippen LogP contribution in [0.4, 0.5) is 0 Å². The fourth-order valence-electron chi connectivity index (χ4n) is 4.16. The van der Waals surface area contributed by atoms with Gasteiger partial charge >= 0.3 is 0 Å². The largest absolute Gasteiger partial charge is 0.497 e. The van der Waals surface area contributed by atoms with Crippen LogP contribution in [0.25, 0.3) is 4.91 Å². The van der Waals surface area contributed by atoms with Gasteiger partial charge in [-0.15, -0.1) is 4.40 Å². The molecule has 0 unspecified atom stereocenters. The van der Waals surface area contributed by atoms with Crippen molar-refractivity contribution in [3.05, 3.63) is 35.4 Å². The Hall–Kier alpha value is -2.00. The van der Waals surface area contributed by atoms with E-state index in [2.05, 4.69) is 16.6 Å². The zero-order valence-corrected chi connectivity index (χ0v) is 21.4. The van der Waals surface area contributed by atoms with Gasteiger partial charge in [0.15, 0.2) is 0 Å². The second kappa shape index (κ2) is 11.9. The lowest BCUT2D eigenvalue weighted by Crippen LogP contribution is -2.43. The van der Waals surface area contributed by atoms with Crippen molar-refractivity contribution in [2.24, 2.45) is 10.3 Å². The van der Waals surface area contributed by atoms with Crippen molar-refractivity contribution >= 4 is 38.4 Å². The van der Waals surface area contributed by atoms with Gasteiger partial charge in [-0.3, -0.25) is 4.79 Å². The first kappa shape index (κ1) is 25.6. The van der Waals surface area contributed by atoms with Gasteiger partial charge in [-0.2, -0.15) is 20.2 Å². The lowest BCUT2D eigenvalue weighted by molar-refractivity contribution is -0.126. The van der Waals surface area contributed by atoms with Crippen molar-refractivity contribution in [2.75, 3.05) is 38.2 Å². The van der Waals surface area contributed by atoms with Crippen LogP contribution in [0.1, 0.15) is 51.5 Å². The second-order valence-electron chi connectivity index (χ2n) is 8.44. The van der Waals surface area contributed by atoms with E-state index in [0.717, 1.165) is 18.7 Å². The van der Waals surface area contributed by atoms with Gasteiger partial charge in [0.2, 0.25) is 5.91 Å². The number of nitrogens with zero attached hydrogens (tertiary/aromatic N) is 2. The Labute approximate surface area is 202 Å². The molecule has 33 heavy (non-hydrogen) atoms. The summed E-state index contributed by atoms with van der Waals surface area (Å²) < 4.78 is 34.9. The maximum absolute atomic E-state index is 12.8. The summed E-state index contributed by atoms with van der Waals surface area (Å²) in [5.41, 5.74) is 1.26. The number of carbonyl (C=O) groups is 1. The molecule has 0 spiro atoms. The first-order valence-corrected chi connectivity index (χ1v) is 14.3. The molecule has 0 atom stereocenters. The number of piperidine rings is 1. The monoisotopic (exact) mass is 493 g/mol. The highest BCUT2D eigenvalue weighted by Gasteiger charge is 2.35. The highest BCUT2D eigenvalue weighted by atomic mass is 32.2. The summed E-state index contributed by atoms with van der Waals surface area (Å²) in [7, 11) is -2.18. The lowest BCUT2D eigenvalue weighted by atomic mass is 9.95. The molecule has 0 aromatic heterocycles. The van der Waals surface area contributed by atoms with E-state index in [9.17, 15) is 13.2 Å². The average molecular weight is 494 g/mol. The van der Waals surface area contributed by atoms with E-state index in [1.54, 1.807) is 38.3 Å². The van der Waals surface area contributed by atoms with Crippen LogP contribution in [0.3, 0.4) is 0 Å². The van der Waals surface area contributed by atoms with Crippen LogP contribution in [0.15, 0.2) is 34.2 Å². The minimum Gasteiger partial charge on any atom is -0.497 e. The van der Waals surface area contributed by atoms with Gasteiger partial charge in [0.05, 0.1) is 7.11 Å². The van der Waals surface area contributed by atoms with Gasteiger partial charge in [0, 0.05) is 31.1 Å². The molecule has 1 amide bonds. The number of hydrogen-bond donors (Lipinski definition) is 1. The Kier molecular flexibility index (Phi) is 9.26. The molecule has 182 valence electrons. The van der Waals surface area contributed by atoms with Crippen LogP contribution in [0, 0.1) is 5.92 Å². The van der Waals surface area contributed by atoms with Crippen molar-refractivity contribution < 1.29 is 17.9 Å². The molecule has 1 aromatic rings. The maximum Gasteiger partial charge on any atom is 0.285 e. The average Bonchev–Trinajstić information content (AvgIpc) is 3.07. The molecule has 2 aliphatic heterocycles. The van der Waals surface area contributed by atoms with E-state index >= 15 is 0 Å². The molecular formula is C24H35N3O4S2. The van der Waals surface area contributed by atoms with Crippen LogP contribution in [0.2, 0.25) is 0 Å².